The first kappa shape index (κ1) is 15.2. The molecule has 1 heterocycles. The molecule has 1 amide bonds. The van der Waals surface area contributed by atoms with Crippen molar-refractivity contribution in [2.45, 2.75) is 20.3 Å². The van der Waals surface area contributed by atoms with Gasteiger partial charge in [-0.15, -0.1) is 0 Å². The largest absolute Gasteiger partial charge is 0.389 e. The van der Waals surface area contributed by atoms with Crippen molar-refractivity contribution in [3.05, 3.63) is 46.6 Å². The molecule has 0 spiro atoms. The predicted octanol–water partition coefficient (Wildman–Crippen LogP) is 1.85. The summed E-state index contributed by atoms with van der Waals surface area (Å²) in [7, 11) is 1.73. The summed E-state index contributed by atoms with van der Waals surface area (Å²) in [5, 5.41) is 6.87. The fraction of sp³-hybridized carbons (Fsp3) is 0.267. The zero-order valence-electron chi connectivity index (χ0n) is 12.3. The van der Waals surface area contributed by atoms with Crippen LogP contribution in [-0.2, 0) is 18.3 Å². The number of hydrogen-bond acceptors (Lipinski definition) is 3. The maximum atomic E-state index is 12.2. The molecule has 0 bridgehead atoms. The second kappa shape index (κ2) is 6.05. The van der Waals surface area contributed by atoms with Crippen molar-refractivity contribution in [3.8, 4) is 0 Å². The number of thiocarbonyl (C=S) groups is 1. The van der Waals surface area contributed by atoms with Crippen LogP contribution < -0.4 is 11.1 Å². The summed E-state index contributed by atoms with van der Waals surface area (Å²) in [6.45, 7) is 4.08. The monoisotopic (exact) mass is 302 g/mol. The Morgan fingerprint density at radius 3 is 2.71 bits per heavy atom. The van der Waals surface area contributed by atoms with Crippen LogP contribution in [0, 0.1) is 13.8 Å². The van der Waals surface area contributed by atoms with Crippen LogP contribution in [0.1, 0.15) is 22.3 Å². The molecule has 1 aromatic heterocycles. The third-order valence-corrected chi connectivity index (χ3v) is 3.62. The number of aromatic nitrogens is 2. The van der Waals surface area contributed by atoms with Gasteiger partial charge in [0.15, 0.2) is 0 Å². The van der Waals surface area contributed by atoms with Gasteiger partial charge in [-0.25, -0.2) is 0 Å². The van der Waals surface area contributed by atoms with Crippen molar-refractivity contribution >= 4 is 28.9 Å². The molecule has 2 rings (SSSR count). The summed E-state index contributed by atoms with van der Waals surface area (Å²) in [6, 6.07) is 5.99. The highest BCUT2D eigenvalue weighted by atomic mass is 32.1. The van der Waals surface area contributed by atoms with Gasteiger partial charge in [0.1, 0.15) is 10.8 Å². The maximum absolute atomic E-state index is 12.2. The van der Waals surface area contributed by atoms with Gasteiger partial charge in [-0.2, -0.15) is 5.10 Å². The number of nitrogens with two attached hydrogens (primary N) is 1. The van der Waals surface area contributed by atoms with Crippen LogP contribution in [0.25, 0.3) is 0 Å². The molecule has 0 fully saturated rings. The Kier molecular flexibility index (Phi) is 4.37. The van der Waals surface area contributed by atoms with Gasteiger partial charge in [0.2, 0.25) is 5.91 Å². The molecule has 1 aromatic carbocycles. The van der Waals surface area contributed by atoms with Crippen LogP contribution >= 0.6 is 12.2 Å². The lowest BCUT2D eigenvalue weighted by Crippen LogP contribution is -2.20. The van der Waals surface area contributed by atoms with Crippen molar-refractivity contribution in [1.29, 1.82) is 0 Å². The second-order valence-electron chi connectivity index (χ2n) is 5.04. The van der Waals surface area contributed by atoms with E-state index in [0.717, 1.165) is 5.56 Å². The molecular weight excluding hydrogens is 284 g/mol. The van der Waals surface area contributed by atoms with Crippen molar-refractivity contribution in [2.75, 3.05) is 5.32 Å². The minimum Gasteiger partial charge on any atom is -0.389 e. The highest BCUT2D eigenvalue weighted by Crippen LogP contribution is 2.15. The molecule has 0 unspecified atom stereocenters. The lowest BCUT2D eigenvalue weighted by molar-refractivity contribution is -0.115. The van der Waals surface area contributed by atoms with Gasteiger partial charge < -0.3 is 11.1 Å². The first-order valence-corrected chi connectivity index (χ1v) is 6.97. The number of rotatable bonds is 4. The average molecular weight is 302 g/mol. The summed E-state index contributed by atoms with van der Waals surface area (Å²) < 4.78 is 1.55. The number of nitrogens with zero attached hydrogens (tertiary/aromatic N) is 2. The number of nitrogens with one attached hydrogen (secondary N) is 1. The quantitative estimate of drug-likeness (QED) is 0.846. The van der Waals surface area contributed by atoms with E-state index < -0.39 is 0 Å². The molecule has 0 saturated heterocycles. The minimum atomic E-state index is -0.126. The van der Waals surface area contributed by atoms with Crippen molar-refractivity contribution in [1.82, 2.24) is 9.78 Å². The van der Waals surface area contributed by atoms with E-state index in [1.54, 1.807) is 17.9 Å². The molecule has 5 nitrogen and oxygen atoms in total. The molecule has 0 aliphatic rings. The molecule has 110 valence electrons. The molecule has 6 heteroatoms. The van der Waals surface area contributed by atoms with E-state index >= 15 is 0 Å². The predicted molar refractivity (Wildman–Crippen MR) is 87.3 cm³/mol. The van der Waals surface area contributed by atoms with E-state index in [1.807, 2.05) is 32.0 Å². The Morgan fingerprint density at radius 1 is 1.38 bits per heavy atom. The SMILES string of the molecule is Cc1ccc(CC(=O)Nc2c(C(N)=S)cnn2C)cc1C. The Hall–Kier alpha value is -2.21. The summed E-state index contributed by atoms with van der Waals surface area (Å²) in [6.07, 6.45) is 1.84. The number of carbonyl (C=O) groups is 1. The topological polar surface area (TPSA) is 72.9 Å². The van der Waals surface area contributed by atoms with Gasteiger partial charge in [0.05, 0.1) is 18.2 Å². The molecule has 0 aliphatic heterocycles. The molecule has 0 aliphatic carbocycles. The summed E-state index contributed by atoms with van der Waals surface area (Å²) >= 11 is 4.95. The van der Waals surface area contributed by atoms with E-state index in [9.17, 15) is 4.79 Å². The lowest BCUT2D eigenvalue weighted by Gasteiger charge is -2.09. The molecule has 0 atom stereocenters. The van der Waals surface area contributed by atoms with Crippen molar-refractivity contribution in [2.24, 2.45) is 12.8 Å². The van der Waals surface area contributed by atoms with E-state index in [0.29, 0.717) is 17.8 Å². The van der Waals surface area contributed by atoms with Crippen LogP contribution in [0.5, 0.6) is 0 Å². The fourth-order valence-electron chi connectivity index (χ4n) is 2.04. The summed E-state index contributed by atoms with van der Waals surface area (Å²) in [5.74, 6) is 0.399. The number of hydrogen-bond donors (Lipinski definition) is 2. The first-order valence-electron chi connectivity index (χ1n) is 6.56. The molecule has 0 saturated carbocycles. The maximum Gasteiger partial charge on any atom is 0.229 e. The number of carbonyl (C=O) groups excluding carboxylic acids is 1. The standard InChI is InChI=1S/C15H18N4OS/c1-9-4-5-11(6-10(9)2)7-13(20)18-15-12(14(16)21)8-17-19(15)3/h4-6,8H,7H2,1-3H3,(H2,16,21)(H,18,20). The molecular formula is C15H18N4OS. The number of anilines is 1. The highest BCUT2D eigenvalue weighted by Gasteiger charge is 2.14. The van der Waals surface area contributed by atoms with Gasteiger partial charge in [-0.05, 0) is 30.5 Å². The zero-order chi connectivity index (χ0) is 15.6. The smallest absolute Gasteiger partial charge is 0.229 e. The minimum absolute atomic E-state index is 0.126. The molecule has 3 N–H and O–H groups in total. The van der Waals surface area contributed by atoms with Gasteiger partial charge >= 0.3 is 0 Å². The summed E-state index contributed by atoms with van der Waals surface area (Å²) in [4.78, 5) is 12.4. The Bertz CT molecular complexity index is 706. The molecule has 0 radical (unpaired) electrons. The number of aryl methyl sites for hydroxylation is 3. The Balaban J connectivity index is 2.13. The lowest BCUT2D eigenvalue weighted by atomic mass is 10.0. The van der Waals surface area contributed by atoms with Crippen LogP contribution in [-0.4, -0.2) is 20.7 Å². The normalized spacial score (nSPS) is 10.4. The second-order valence-corrected chi connectivity index (χ2v) is 5.48. The van der Waals surface area contributed by atoms with E-state index in [-0.39, 0.29) is 10.9 Å². The Morgan fingerprint density at radius 2 is 2.10 bits per heavy atom. The van der Waals surface area contributed by atoms with Crippen molar-refractivity contribution in [3.63, 3.8) is 0 Å². The van der Waals surface area contributed by atoms with Gasteiger partial charge in [0.25, 0.3) is 0 Å². The van der Waals surface area contributed by atoms with Crippen LogP contribution in [0.3, 0.4) is 0 Å². The average Bonchev–Trinajstić information content (AvgIpc) is 2.76. The third kappa shape index (κ3) is 3.46. The summed E-state index contributed by atoms with van der Waals surface area (Å²) in [5.41, 5.74) is 9.54. The number of benzene rings is 1. The van der Waals surface area contributed by atoms with Gasteiger partial charge in [-0.3, -0.25) is 9.48 Å². The number of amides is 1. The van der Waals surface area contributed by atoms with Gasteiger partial charge in [0, 0.05) is 7.05 Å². The first-order chi connectivity index (χ1) is 9.88. The molecule has 2 aromatic rings. The van der Waals surface area contributed by atoms with Crippen LogP contribution in [0.15, 0.2) is 24.4 Å². The van der Waals surface area contributed by atoms with E-state index in [2.05, 4.69) is 10.4 Å². The molecule has 21 heavy (non-hydrogen) atoms. The van der Waals surface area contributed by atoms with E-state index in [4.69, 9.17) is 18.0 Å². The van der Waals surface area contributed by atoms with Crippen LogP contribution in [0.2, 0.25) is 0 Å². The fourth-order valence-corrected chi connectivity index (χ4v) is 2.19. The van der Waals surface area contributed by atoms with E-state index in [1.165, 1.54) is 11.1 Å². The Labute approximate surface area is 129 Å². The van der Waals surface area contributed by atoms with Gasteiger partial charge in [-0.1, -0.05) is 30.4 Å². The highest BCUT2D eigenvalue weighted by molar-refractivity contribution is 7.80. The zero-order valence-corrected chi connectivity index (χ0v) is 13.1. The van der Waals surface area contributed by atoms with Crippen LogP contribution in [0.4, 0.5) is 5.82 Å². The third-order valence-electron chi connectivity index (χ3n) is 3.40. The van der Waals surface area contributed by atoms with Crippen molar-refractivity contribution < 1.29 is 4.79 Å².